The van der Waals surface area contributed by atoms with Crippen LogP contribution in [0.3, 0.4) is 0 Å². The average molecular weight is 331 g/mol. The number of anilines is 2. The van der Waals surface area contributed by atoms with E-state index in [-0.39, 0.29) is 11.8 Å². The van der Waals surface area contributed by atoms with E-state index >= 15 is 0 Å². The molecule has 0 saturated carbocycles. The summed E-state index contributed by atoms with van der Waals surface area (Å²) in [5.41, 5.74) is 3.20. The van der Waals surface area contributed by atoms with Crippen molar-refractivity contribution < 1.29 is 4.79 Å². The number of halogens is 1. The lowest BCUT2D eigenvalue weighted by atomic mass is 9.97. The number of fused-ring (bicyclic) bond motifs is 1. The van der Waals surface area contributed by atoms with Gasteiger partial charge >= 0.3 is 0 Å². The number of rotatable bonds is 3. The highest BCUT2D eigenvalue weighted by atomic mass is 79.9. The number of benzene rings is 2. The lowest BCUT2D eigenvalue weighted by molar-refractivity contribution is -0.116. The molecule has 0 radical (unpaired) electrons. The molecule has 1 atom stereocenters. The van der Waals surface area contributed by atoms with E-state index in [1.165, 1.54) is 5.56 Å². The van der Waals surface area contributed by atoms with Crippen molar-refractivity contribution in [3.05, 3.63) is 58.6 Å². The molecule has 4 heteroatoms. The van der Waals surface area contributed by atoms with Crippen molar-refractivity contribution in [2.45, 2.75) is 12.3 Å². The minimum Gasteiger partial charge on any atom is -0.384 e. The second kappa shape index (κ2) is 5.67. The lowest BCUT2D eigenvalue weighted by Crippen LogP contribution is -2.16. The summed E-state index contributed by atoms with van der Waals surface area (Å²) in [6, 6.07) is 15.8. The van der Waals surface area contributed by atoms with Crippen LogP contribution in [0.15, 0.2) is 53.0 Å². The van der Waals surface area contributed by atoms with Gasteiger partial charge in [-0.3, -0.25) is 4.79 Å². The maximum atomic E-state index is 12.1. The van der Waals surface area contributed by atoms with E-state index < -0.39 is 0 Å². The normalized spacial score (nSPS) is 16.4. The van der Waals surface area contributed by atoms with E-state index in [1.807, 2.05) is 36.4 Å². The second-order valence-electron chi connectivity index (χ2n) is 4.93. The van der Waals surface area contributed by atoms with Crippen LogP contribution in [-0.4, -0.2) is 12.5 Å². The van der Waals surface area contributed by atoms with Gasteiger partial charge in [0.15, 0.2) is 0 Å². The molecule has 0 aliphatic carbocycles. The highest BCUT2D eigenvalue weighted by Gasteiger charge is 2.23. The van der Waals surface area contributed by atoms with E-state index in [0.29, 0.717) is 6.42 Å². The summed E-state index contributed by atoms with van der Waals surface area (Å²) >= 11 is 3.40. The van der Waals surface area contributed by atoms with Crippen LogP contribution >= 0.6 is 15.9 Å². The first-order valence-corrected chi connectivity index (χ1v) is 7.40. The molecule has 0 spiro atoms. The first-order chi connectivity index (χ1) is 9.72. The Balaban J connectivity index is 1.66. The van der Waals surface area contributed by atoms with Crippen molar-refractivity contribution in [1.29, 1.82) is 0 Å². The topological polar surface area (TPSA) is 41.1 Å². The minimum absolute atomic E-state index is 0.0478. The second-order valence-corrected chi connectivity index (χ2v) is 5.84. The molecule has 0 saturated heterocycles. The van der Waals surface area contributed by atoms with Crippen molar-refractivity contribution >= 4 is 33.2 Å². The number of nitrogens with one attached hydrogen (secondary N) is 2. The summed E-state index contributed by atoms with van der Waals surface area (Å²) in [6.45, 7) is 0.825. The van der Waals surface area contributed by atoms with E-state index in [2.05, 4.69) is 38.7 Å². The third-order valence-electron chi connectivity index (χ3n) is 3.48. The van der Waals surface area contributed by atoms with Crippen LogP contribution in [0, 0.1) is 0 Å². The van der Waals surface area contributed by atoms with Gasteiger partial charge in [0, 0.05) is 34.7 Å². The fourth-order valence-electron chi connectivity index (χ4n) is 2.54. The van der Waals surface area contributed by atoms with Crippen LogP contribution in [-0.2, 0) is 4.79 Å². The molecular formula is C16H15BrN2O. The van der Waals surface area contributed by atoms with Gasteiger partial charge in [-0.15, -0.1) is 0 Å². The molecule has 2 aromatic carbocycles. The van der Waals surface area contributed by atoms with Crippen LogP contribution < -0.4 is 10.6 Å². The van der Waals surface area contributed by atoms with E-state index in [9.17, 15) is 4.79 Å². The Bertz CT molecular complexity index is 642. The van der Waals surface area contributed by atoms with Gasteiger partial charge in [0.1, 0.15) is 0 Å². The molecule has 0 fully saturated rings. The monoisotopic (exact) mass is 330 g/mol. The zero-order chi connectivity index (χ0) is 13.9. The van der Waals surface area contributed by atoms with Crippen LogP contribution in [0.1, 0.15) is 17.9 Å². The first-order valence-electron chi connectivity index (χ1n) is 6.60. The van der Waals surface area contributed by atoms with Gasteiger partial charge in [-0.2, -0.15) is 0 Å². The molecule has 2 aromatic rings. The molecule has 1 heterocycles. The number of carbonyl (C=O) groups excluding carboxylic acids is 1. The quantitative estimate of drug-likeness (QED) is 0.893. The zero-order valence-electron chi connectivity index (χ0n) is 10.9. The van der Waals surface area contributed by atoms with Crippen LogP contribution in [0.4, 0.5) is 11.4 Å². The molecule has 20 heavy (non-hydrogen) atoms. The van der Waals surface area contributed by atoms with Gasteiger partial charge < -0.3 is 10.6 Å². The third-order valence-corrected chi connectivity index (χ3v) is 3.97. The molecule has 3 rings (SSSR count). The number of carbonyl (C=O) groups is 1. The Kier molecular flexibility index (Phi) is 3.74. The lowest BCUT2D eigenvalue weighted by Gasteiger charge is -2.10. The fraction of sp³-hybridized carbons (Fsp3) is 0.188. The van der Waals surface area contributed by atoms with E-state index in [0.717, 1.165) is 22.4 Å². The molecule has 3 nitrogen and oxygen atoms in total. The zero-order valence-corrected chi connectivity index (χ0v) is 12.5. The van der Waals surface area contributed by atoms with Crippen molar-refractivity contribution in [2.24, 2.45) is 0 Å². The largest absolute Gasteiger partial charge is 0.384 e. The van der Waals surface area contributed by atoms with Crippen molar-refractivity contribution in [3.8, 4) is 0 Å². The highest BCUT2D eigenvalue weighted by molar-refractivity contribution is 9.10. The molecule has 1 aliphatic heterocycles. The molecule has 0 aromatic heterocycles. The Hall–Kier alpha value is -1.81. The first kappa shape index (κ1) is 13.2. The number of hydrogen-bond donors (Lipinski definition) is 2. The Morgan fingerprint density at radius 2 is 2.10 bits per heavy atom. The van der Waals surface area contributed by atoms with Gasteiger partial charge in [0.05, 0.1) is 0 Å². The molecule has 1 aliphatic rings. The summed E-state index contributed by atoms with van der Waals surface area (Å²) in [5, 5.41) is 6.28. The van der Waals surface area contributed by atoms with Gasteiger partial charge in [0.25, 0.3) is 0 Å². The predicted octanol–water partition coefficient (Wildman–Crippen LogP) is 3.99. The maximum absolute atomic E-state index is 12.1. The SMILES string of the molecule is O=C(CC1CNc2ccccc21)Nc1cccc(Br)c1. The summed E-state index contributed by atoms with van der Waals surface area (Å²) in [7, 11) is 0. The summed E-state index contributed by atoms with van der Waals surface area (Å²) in [4.78, 5) is 12.1. The molecule has 1 unspecified atom stereocenters. The Labute approximate surface area is 126 Å². The summed E-state index contributed by atoms with van der Waals surface area (Å²) in [6.07, 6.45) is 0.497. The van der Waals surface area contributed by atoms with Crippen molar-refractivity contribution in [2.75, 3.05) is 17.2 Å². The molecule has 0 bridgehead atoms. The third kappa shape index (κ3) is 2.85. The van der Waals surface area contributed by atoms with Crippen molar-refractivity contribution in [3.63, 3.8) is 0 Å². The van der Waals surface area contributed by atoms with Crippen LogP contribution in [0.2, 0.25) is 0 Å². The summed E-state index contributed by atoms with van der Waals surface area (Å²) < 4.78 is 0.961. The van der Waals surface area contributed by atoms with E-state index in [1.54, 1.807) is 0 Å². The maximum Gasteiger partial charge on any atom is 0.225 e. The molecule has 102 valence electrons. The average Bonchev–Trinajstić information content (AvgIpc) is 2.82. The fourth-order valence-corrected chi connectivity index (χ4v) is 2.94. The smallest absolute Gasteiger partial charge is 0.225 e. The number of amides is 1. The highest BCUT2D eigenvalue weighted by Crippen LogP contribution is 2.33. The molecule has 2 N–H and O–H groups in total. The van der Waals surface area contributed by atoms with Crippen LogP contribution in [0.25, 0.3) is 0 Å². The van der Waals surface area contributed by atoms with Crippen LogP contribution in [0.5, 0.6) is 0 Å². The molecule has 1 amide bonds. The Morgan fingerprint density at radius 1 is 1.25 bits per heavy atom. The minimum atomic E-state index is 0.0478. The predicted molar refractivity (Wildman–Crippen MR) is 85.1 cm³/mol. The Morgan fingerprint density at radius 3 is 2.95 bits per heavy atom. The molecular weight excluding hydrogens is 316 g/mol. The van der Waals surface area contributed by atoms with Gasteiger partial charge in [0.2, 0.25) is 5.91 Å². The summed E-state index contributed by atoms with van der Waals surface area (Å²) in [5.74, 6) is 0.296. The van der Waals surface area contributed by atoms with Gasteiger partial charge in [-0.25, -0.2) is 0 Å². The van der Waals surface area contributed by atoms with Crippen molar-refractivity contribution in [1.82, 2.24) is 0 Å². The number of para-hydroxylation sites is 1. The standard InChI is InChI=1S/C16H15BrN2O/c17-12-4-3-5-13(9-12)19-16(20)8-11-10-18-15-7-2-1-6-14(11)15/h1-7,9,11,18H,8,10H2,(H,19,20). The number of hydrogen-bond acceptors (Lipinski definition) is 2. The van der Waals surface area contributed by atoms with Gasteiger partial charge in [-0.05, 0) is 29.8 Å². The van der Waals surface area contributed by atoms with Gasteiger partial charge in [-0.1, -0.05) is 40.2 Å². The van der Waals surface area contributed by atoms with E-state index in [4.69, 9.17) is 0 Å².